The molecule has 1 N–H and O–H groups in total. The average molecular weight is 400 g/mol. The van der Waals surface area contributed by atoms with Crippen molar-refractivity contribution < 1.29 is 14.3 Å². The molecule has 5 atom stereocenters. The maximum absolute atomic E-state index is 13.2. The molecule has 4 nitrogen and oxygen atoms in total. The number of aryl methyl sites for hydroxylation is 1. The minimum absolute atomic E-state index is 0.145. The van der Waals surface area contributed by atoms with Gasteiger partial charge in [-0.15, -0.1) is 11.6 Å². The lowest BCUT2D eigenvalue weighted by atomic mass is 9.49. The van der Waals surface area contributed by atoms with Crippen molar-refractivity contribution in [1.82, 2.24) is 4.98 Å². The summed E-state index contributed by atoms with van der Waals surface area (Å²) in [6.07, 6.45) is 4.84. The Labute approximate surface area is 170 Å². The third kappa shape index (κ3) is 2.72. The molecule has 0 saturated heterocycles. The van der Waals surface area contributed by atoms with E-state index >= 15 is 0 Å². The first-order valence-corrected chi connectivity index (χ1v) is 10.7. The fraction of sp³-hybridized carbons (Fsp3) is 0.565. The van der Waals surface area contributed by atoms with Crippen molar-refractivity contribution in [2.45, 2.75) is 63.4 Å². The van der Waals surface area contributed by atoms with Gasteiger partial charge in [-0.25, -0.2) is 0 Å². The number of Topliss-reactive ketones (excluding diaryl/α,β-unsaturated/α-hetero) is 1. The Bertz CT molecular complexity index is 963. The second kappa shape index (κ2) is 6.09. The van der Waals surface area contributed by atoms with Crippen LogP contribution < -0.4 is 0 Å². The average Bonchev–Trinajstić information content (AvgIpc) is 2.94. The van der Waals surface area contributed by atoms with Crippen LogP contribution in [0.5, 0.6) is 0 Å². The number of rotatable bonds is 4. The van der Waals surface area contributed by atoms with E-state index < -0.39 is 11.5 Å². The quantitative estimate of drug-likeness (QED) is 0.438. The molecule has 4 saturated carbocycles. The predicted molar refractivity (Wildman–Crippen MR) is 109 cm³/mol. The highest BCUT2D eigenvalue weighted by atomic mass is 35.5. The van der Waals surface area contributed by atoms with Crippen LogP contribution in [0.2, 0.25) is 0 Å². The van der Waals surface area contributed by atoms with E-state index in [0.717, 1.165) is 42.3 Å². The number of ether oxygens (including phenoxy) is 1. The van der Waals surface area contributed by atoms with Crippen LogP contribution >= 0.6 is 11.6 Å². The largest absolute Gasteiger partial charge is 0.454 e. The van der Waals surface area contributed by atoms with Gasteiger partial charge >= 0.3 is 5.97 Å². The SMILES string of the molecule is Cc1[nH]c2ccccc2c1C(=O)[C@H](C)OC(=O)C12C[C@@H]3C[C@@H](CC(Cl)(C3)C1)C2. The molecule has 148 valence electrons. The zero-order valence-corrected chi connectivity index (χ0v) is 17.1. The second-order valence-electron chi connectivity index (χ2n) is 9.47. The molecule has 0 spiro atoms. The molecule has 2 unspecified atom stereocenters. The van der Waals surface area contributed by atoms with E-state index in [0.29, 0.717) is 23.8 Å². The Morgan fingerprint density at radius 2 is 1.86 bits per heavy atom. The van der Waals surface area contributed by atoms with E-state index in [4.69, 9.17) is 16.3 Å². The van der Waals surface area contributed by atoms with Gasteiger partial charge in [0.25, 0.3) is 0 Å². The molecular weight excluding hydrogens is 374 g/mol. The highest BCUT2D eigenvalue weighted by Gasteiger charge is 2.61. The summed E-state index contributed by atoms with van der Waals surface area (Å²) in [5.74, 6) is 0.680. The molecule has 5 heteroatoms. The first kappa shape index (κ1) is 18.2. The number of carbonyl (C=O) groups excluding carboxylic acids is 2. The highest BCUT2D eigenvalue weighted by Crippen LogP contribution is 2.64. The van der Waals surface area contributed by atoms with Gasteiger partial charge in [-0.05, 0) is 70.3 Å². The number of carbonyl (C=O) groups is 2. The van der Waals surface area contributed by atoms with Crippen molar-refractivity contribution in [2.75, 3.05) is 0 Å². The van der Waals surface area contributed by atoms with Gasteiger partial charge in [-0.1, -0.05) is 18.2 Å². The lowest BCUT2D eigenvalue weighted by Gasteiger charge is -2.58. The van der Waals surface area contributed by atoms with Crippen LogP contribution in [0, 0.1) is 24.2 Å². The van der Waals surface area contributed by atoms with Crippen molar-refractivity contribution in [3.63, 3.8) is 0 Å². The third-order valence-corrected chi connectivity index (χ3v) is 7.66. The number of benzene rings is 1. The van der Waals surface area contributed by atoms with Crippen molar-refractivity contribution in [3.05, 3.63) is 35.5 Å². The van der Waals surface area contributed by atoms with Gasteiger partial charge in [-0.3, -0.25) is 9.59 Å². The number of nitrogens with one attached hydrogen (secondary N) is 1. The fourth-order valence-electron chi connectivity index (χ4n) is 6.53. The summed E-state index contributed by atoms with van der Waals surface area (Å²) in [7, 11) is 0. The van der Waals surface area contributed by atoms with Gasteiger partial charge in [0.1, 0.15) is 0 Å². The second-order valence-corrected chi connectivity index (χ2v) is 10.3. The Kier molecular flexibility index (Phi) is 3.97. The van der Waals surface area contributed by atoms with Gasteiger partial charge in [0.15, 0.2) is 6.10 Å². The number of alkyl halides is 1. The van der Waals surface area contributed by atoms with Crippen LogP contribution in [-0.2, 0) is 9.53 Å². The maximum atomic E-state index is 13.2. The molecule has 4 bridgehead atoms. The zero-order chi connectivity index (χ0) is 19.7. The van der Waals surface area contributed by atoms with Crippen LogP contribution in [0.1, 0.15) is 61.5 Å². The van der Waals surface area contributed by atoms with E-state index in [1.54, 1.807) is 6.92 Å². The molecule has 2 aromatic rings. The smallest absolute Gasteiger partial charge is 0.312 e. The summed E-state index contributed by atoms with van der Waals surface area (Å²) in [6.45, 7) is 3.58. The molecule has 1 aromatic heterocycles. The Balaban J connectivity index is 1.38. The lowest BCUT2D eigenvalue weighted by molar-refractivity contribution is -0.172. The van der Waals surface area contributed by atoms with E-state index in [9.17, 15) is 9.59 Å². The number of esters is 1. The molecule has 6 rings (SSSR count). The van der Waals surface area contributed by atoms with Gasteiger partial charge < -0.3 is 9.72 Å². The van der Waals surface area contributed by atoms with Crippen LogP contribution in [0.3, 0.4) is 0 Å². The number of aromatic nitrogens is 1. The summed E-state index contributed by atoms with van der Waals surface area (Å²) >= 11 is 6.85. The highest BCUT2D eigenvalue weighted by molar-refractivity contribution is 6.24. The minimum Gasteiger partial charge on any atom is -0.454 e. The normalized spacial score (nSPS) is 34.5. The Hall–Kier alpha value is -1.81. The van der Waals surface area contributed by atoms with E-state index in [2.05, 4.69) is 4.98 Å². The number of aromatic amines is 1. The first-order valence-electron chi connectivity index (χ1n) is 10.3. The van der Waals surface area contributed by atoms with Crippen molar-refractivity contribution >= 4 is 34.3 Å². The Morgan fingerprint density at radius 3 is 2.54 bits per heavy atom. The fourth-order valence-corrected chi connectivity index (χ4v) is 7.22. The monoisotopic (exact) mass is 399 g/mol. The van der Waals surface area contributed by atoms with Crippen LogP contribution in [-0.4, -0.2) is 27.7 Å². The molecule has 4 aliphatic carbocycles. The molecule has 4 fully saturated rings. The van der Waals surface area contributed by atoms with Gasteiger partial charge in [-0.2, -0.15) is 0 Å². The number of para-hydroxylation sites is 1. The number of hydrogen-bond acceptors (Lipinski definition) is 3. The molecule has 4 aliphatic rings. The summed E-state index contributed by atoms with van der Waals surface area (Å²) in [6, 6.07) is 7.73. The zero-order valence-electron chi connectivity index (χ0n) is 16.4. The number of ketones is 1. The molecule has 0 radical (unpaired) electrons. The van der Waals surface area contributed by atoms with Crippen LogP contribution in [0.4, 0.5) is 0 Å². The molecular formula is C23H26ClNO3. The maximum Gasteiger partial charge on any atom is 0.312 e. The molecule has 28 heavy (non-hydrogen) atoms. The van der Waals surface area contributed by atoms with Crippen molar-refractivity contribution in [3.8, 4) is 0 Å². The van der Waals surface area contributed by atoms with Gasteiger partial charge in [0, 0.05) is 27.0 Å². The van der Waals surface area contributed by atoms with Crippen molar-refractivity contribution in [1.29, 1.82) is 0 Å². The number of fused-ring (bicyclic) bond motifs is 1. The predicted octanol–water partition coefficient (Wildman–Crippen LogP) is 5.17. The molecule has 0 aliphatic heterocycles. The van der Waals surface area contributed by atoms with Gasteiger partial charge in [0.2, 0.25) is 5.78 Å². The topological polar surface area (TPSA) is 59.2 Å². The molecule has 0 amide bonds. The number of halogens is 1. The molecule has 1 heterocycles. The van der Waals surface area contributed by atoms with Crippen LogP contribution in [0.15, 0.2) is 24.3 Å². The number of hydrogen-bond donors (Lipinski definition) is 1. The summed E-state index contributed by atoms with van der Waals surface area (Å²) in [5, 5.41) is 0.877. The van der Waals surface area contributed by atoms with E-state index in [1.807, 2.05) is 31.2 Å². The van der Waals surface area contributed by atoms with Crippen molar-refractivity contribution in [2.24, 2.45) is 17.3 Å². The summed E-state index contributed by atoms with van der Waals surface area (Å²) < 4.78 is 5.81. The van der Waals surface area contributed by atoms with E-state index in [-0.39, 0.29) is 16.6 Å². The minimum atomic E-state index is -0.801. The Morgan fingerprint density at radius 1 is 1.18 bits per heavy atom. The number of H-pyrrole nitrogens is 1. The first-order chi connectivity index (χ1) is 13.3. The van der Waals surface area contributed by atoms with Crippen LogP contribution in [0.25, 0.3) is 10.9 Å². The van der Waals surface area contributed by atoms with E-state index in [1.165, 1.54) is 6.42 Å². The summed E-state index contributed by atoms with van der Waals surface area (Å²) in [4.78, 5) is 29.4. The standard InChI is InChI=1S/C23H26ClNO3/c1-13-19(17-5-3-4-6-18(17)25-13)20(26)14(2)28-21(27)22-8-15-7-16(9-22)11-23(24,10-15)12-22/h3-6,14-16,25H,7-12H2,1-2H3/t14-,15-,16+,22?,23?/m0/s1. The molecule has 1 aromatic carbocycles. The van der Waals surface area contributed by atoms with Gasteiger partial charge in [0.05, 0.1) is 5.41 Å². The lowest BCUT2D eigenvalue weighted by Crippen LogP contribution is -2.56. The summed E-state index contributed by atoms with van der Waals surface area (Å²) in [5.41, 5.74) is 1.86. The third-order valence-electron chi connectivity index (χ3n) is 7.22.